The van der Waals surface area contributed by atoms with Crippen molar-refractivity contribution in [2.45, 2.75) is 31.9 Å². The van der Waals surface area contributed by atoms with Gasteiger partial charge >= 0.3 is 0 Å². The second-order valence-electron chi connectivity index (χ2n) is 4.16. The summed E-state index contributed by atoms with van der Waals surface area (Å²) >= 11 is 0. The van der Waals surface area contributed by atoms with Crippen LogP contribution in [0.5, 0.6) is 0 Å². The number of likely N-dealkylation sites (tertiary alicyclic amines) is 1. The molecule has 0 radical (unpaired) electrons. The van der Waals surface area contributed by atoms with Crippen molar-refractivity contribution in [2.75, 3.05) is 39.9 Å². The molecule has 0 aliphatic carbocycles. The molecule has 1 aliphatic heterocycles. The van der Waals surface area contributed by atoms with Gasteiger partial charge in [0.25, 0.3) is 0 Å². The van der Waals surface area contributed by atoms with Crippen LogP contribution in [0.15, 0.2) is 0 Å². The van der Waals surface area contributed by atoms with E-state index in [1.165, 1.54) is 12.8 Å². The molecule has 0 saturated carbocycles. The highest BCUT2D eigenvalue weighted by Gasteiger charge is 2.25. The van der Waals surface area contributed by atoms with E-state index in [1.807, 2.05) is 14.0 Å². The summed E-state index contributed by atoms with van der Waals surface area (Å²) in [5, 5.41) is 12.9. The van der Waals surface area contributed by atoms with Crippen molar-refractivity contribution < 1.29 is 9.84 Å². The van der Waals surface area contributed by atoms with E-state index in [0.29, 0.717) is 19.3 Å². The summed E-state index contributed by atoms with van der Waals surface area (Å²) in [6.07, 6.45) is 2.14. The summed E-state index contributed by atoms with van der Waals surface area (Å²) in [6, 6.07) is 0.589. The fourth-order valence-electron chi connectivity index (χ4n) is 2.18. The van der Waals surface area contributed by atoms with E-state index in [9.17, 15) is 5.11 Å². The zero-order chi connectivity index (χ0) is 11.1. The Morgan fingerprint density at radius 2 is 2.40 bits per heavy atom. The van der Waals surface area contributed by atoms with Gasteiger partial charge in [-0.1, -0.05) is 0 Å². The van der Waals surface area contributed by atoms with Crippen molar-refractivity contribution in [1.29, 1.82) is 0 Å². The summed E-state index contributed by atoms with van der Waals surface area (Å²) in [5.41, 5.74) is 0. The number of aliphatic hydroxyl groups is 1. The first-order chi connectivity index (χ1) is 7.27. The van der Waals surface area contributed by atoms with E-state index in [4.69, 9.17) is 4.74 Å². The van der Waals surface area contributed by atoms with Gasteiger partial charge in [-0.2, -0.15) is 0 Å². The standard InChI is InChI=1S/C11H24N2O2/c1-3-15-9-11(14)8-13-6-4-5-10(13)7-12-2/h10-12,14H,3-9H2,1-2H3. The van der Waals surface area contributed by atoms with Crippen molar-refractivity contribution in [3.05, 3.63) is 0 Å². The molecule has 2 atom stereocenters. The topological polar surface area (TPSA) is 44.7 Å². The first-order valence-corrected chi connectivity index (χ1v) is 5.92. The maximum absolute atomic E-state index is 9.74. The maximum atomic E-state index is 9.74. The summed E-state index contributed by atoms with van der Waals surface area (Å²) in [5.74, 6) is 0. The smallest absolute Gasteiger partial charge is 0.0900 e. The van der Waals surface area contributed by atoms with Gasteiger partial charge in [-0.25, -0.2) is 0 Å². The number of hydrogen-bond donors (Lipinski definition) is 2. The Balaban J connectivity index is 2.23. The van der Waals surface area contributed by atoms with Gasteiger partial charge in [0.1, 0.15) is 0 Å². The molecular formula is C11H24N2O2. The molecular weight excluding hydrogens is 192 g/mol. The van der Waals surface area contributed by atoms with Crippen molar-refractivity contribution >= 4 is 0 Å². The number of ether oxygens (including phenoxy) is 1. The van der Waals surface area contributed by atoms with Crippen molar-refractivity contribution in [1.82, 2.24) is 10.2 Å². The first-order valence-electron chi connectivity index (χ1n) is 5.92. The molecule has 0 aromatic heterocycles. The Hall–Kier alpha value is -0.160. The van der Waals surface area contributed by atoms with Crippen molar-refractivity contribution in [3.8, 4) is 0 Å². The van der Waals surface area contributed by atoms with Crippen LogP contribution in [0.1, 0.15) is 19.8 Å². The highest BCUT2D eigenvalue weighted by molar-refractivity contribution is 4.81. The third-order valence-corrected chi connectivity index (χ3v) is 2.90. The Bertz CT molecular complexity index is 167. The van der Waals surface area contributed by atoms with Crippen LogP contribution in [0.2, 0.25) is 0 Å². The third kappa shape index (κ3) is 4.47. The summed E-state index contributed by atoms with van der Waals surface area (Å²) in [6.45, 7) is 5.95. The minimum atomic E-state index is -0.345. The molecule has 1 heterocycles. The van der Waals surface area contributed by atoms with E-state index >= 15 is 0 Å². The lowest BCUT2D eigenvalue weighted by Crippen LogP contribution is -2.42. The molecule has 1 fully saturated rings. The predicted molar refractivity (Wildman–Crippen MR) is 61.0 cm³/mol. The molecule has 2 N–H and O–H groups in total. The molecule has 15 heavy (non-hydrogen) atoms. The molecule has 0 bridgehead atoms. The number of aliphatic hydroxyl groups excluding tert-OH is 1. The summed E-state index contributed by atoms with van der Waals surface area (Å²) < 4.78 is 5.21. The van der Waals surface area contributed by atoms with Crippen LogP contribution in [-0.4, -0.2) is 62.0 Å². The second-order valence-corrected chi connectivity index (χ2v) is 4.16. The van der Waals surface area contributed by atoms with Crippen LogP contribution in [-0.2, 0) is 4.74 Å². The van der Waals surface area contributed by atoms with E-state index in [0.717, 1.165) is 19.6 Å². The predicted octanol–water partition coefficient (Wildman–Crippen LogP) is 0.0676. The lowest BCUT2D eigenvalue weighted by molar-refractivity contribution is 0.0189. The van der Waals surface area contributed by atoms with Crippen LogP contribution in [0.4, 0.5) is 0 Å². The van der Waals surface area contributed by atoms with E-state index < -0.39 is 0 Å². The number of rotatable bonds is 7. The van der Waals surface area contributed by atoms with Crippen molar-refractivity contribution in [2.24, 2.45) is 0 Å². The SMILES string of the molecule is CCOCC(O)CN1CCCC1CNC. The zero-order valence-electron chi connectivity index (χ0n) is 9.91. The molecule has 90 valence electrons. The molecule has 4 nitrogen and oxygen atoms in total. The van der Waals surface area contributed by atoms with Gasteiger partial charge in [-0.3, -0.25) is 4.90 Å². The number of likely N-dealkylation sites (N-methyl/N-ethyl adjacent to an activating group) is 1. The molecule has 0 amide bonds. The van der Waals surface area contributed by atoms with Crippen molar-refractivity contribution in [3.63, 3.8) is 0 Å². The second kappa shape index (κ2) is 7.17. The lowest BCUT2D eigenvalue weighted by atomic mass is 10.2. The number of hydrogen-bond acceptors (Lipinski definition) is 4. The first kappa shape index (κ1) is 12.9. The normalized spacial score (nSPS) is 24.6. The van der Waals surface area contributed by atoms with Gasteiger partial charge in [0, 0.05) is 25.7 Å². The Kier molecular flexibility index (Phi) is 6.17. The van der Waals surface area contributed by atoms with Gasteiger partial charge in [-0.15, -0.1) is 0 Å². The Labute approximate surface area is 92.6 Å². The van der Waals surface area contributed by atoms with Gasteiger partial charge < -0.3 is 15.2 Å². The van der Waals surface area contributed by atoms with Crippen LogP contribution in [0.3, 0.4) is 0 Å². The number of nitrogens with zero attached hydrogens (tertiary/aromatic N) is 1. The average molecular weight is 216 g/mol. The summed E-state index contributed by atoms with van der Waals surface area (Å²) in [4.78, 5) is 2.36. The fourth-order valence-corrected chi connectivity index (χ4v) is 2.18. The monoisotopic (exact) mass is 216 g/mol. The third-order valence-electron chi connectivity index (χ3n) is 2.90. The maximum Gasteiger partial charge on any atom is 0.0900 e. The van der Waals surface area contributed by atoms with Crippen LogP contribution >= 0.6 is 0 Å². The van der Waals surface area contributed by atoms with Gasteiger partial charge in [-0.05, 0) is 33.4 Å². The quantitative estimate of drug-likeness (QED) is 0.632. The Morgan fingerprint density at radius 1 is 1.60 bits per heavy atom. The molecule has 0 aromatic carbocycles. The van der Waals surface area contributed by atoms with Crippen LogP contribution in [0, 0.1) is 0 Å². The fraction of sp³-hybridized carbons (Fsp3) is 1.00. The van der Waals surface area contributed by atoms with Gasteiger partial charge in [0.2, 0.25) is 0 Å². The van der Waals surface area contributed by atoms with E-state index in [1.54, 1.807) is 0 Å². The molecule has 1 aliphatic rings. The summed E-state index contributed by atoms with van der Waals surface area (Å²) in [7, 11) is 1.98. The van der Waals surface area contributed by atoms with Crippen LogP contribution in [0.25, 0.3) is 0 Å². The van der Waals surface area contributed by atoms with E-state index in [-0.39, 0.29) is 6.10 Å². The average Bonchev–Trinajstić information content (AvgIpc) is 2.63. The molecule has 1 saturated heterocycles. The molecule has 0 aromatic rings. The highest BCUT2D eigenvalue weighted by atomic mass is 16.5. The van der Waals surface area contributed by atoms with E-state index in [2.05, 4.69) is 10.2 Å². The minimum absolute atomic E-state index is 0.345. The largest absolute Gasteiger partial charge is 0.389 e. The highest BCUT2D eigenvalue weighted by Crippen LogP contribution is 2.16. The van der Waals surface area contributed by atoms with Crippen LogP contribution < -0.4 is 5.32 Å². The minimum Gasteiger partial charge on any atom is -0.389 e. The van der Waals surface area contributed by atoms with Gasteiger partial charge in [0.15, 0.2) is 0 Å². The number of nitrogens with one attached hydrogen (secondary N) is 1. The lowest BCUT2D eigenvalue weighted by Gasteiger charge is -2.26. The molecule has 0 spiro atoms. The Morgan fingerprint density at radius 3 is 3.07 bits per heavy atom. The number of β-amino-alcohol motifs (C(OH)–C–C–N with tert-alkyl or cyclic N) is 1. The molecule has 1 rings (SSSR count). The zero-order valence-corrected chi connectivity index (χ0v) is 9.91. The molecule has 2 unspecified atom stereocenters. The van der Waals surface area contributed by atoms with Gasteiger partial charge in [0.05, 0.1) is 12.7 Å². The molecule has 4 heteroatoms.